The molecule has 1 aliphatic rings. The molecule has 1 aliphatic heterocycles. The predicted octanol–water partition coefficient (Wildman–Crippen LogP) is 3.98. The Morgan fingerprint density at radius 2 is 1.95 bits per heavy atom. The summed E-state index contributed by atoms with van der Waals surface area (Å²) in [5.41, 5.74) is 0.164. The molecule has 3 rings (SSSR count). The molecule has 2 atom stereocenters. The summed E-state index contributed by atoms with van der Waals surface area (Å²) in [6, 6.07) is 4.03. The molecule has 1 saturated heterocycles. The molecule has 0 saturated carbocycles. The Bertz CT molecular complexity index is 1180. The van der Waals surface area contributed by atoms with Crippen molar-refractivity contribution in [2.75, 3.05) is 33.4 Å². The van der Waals surface area contributed by atoms with E-state index in [1.54, 1.807) is 28.7 Å². The Kier molecular flexibility index (Phi) is 9.93. The number of ether oxygens (including phenoxy) is 1. The monoisotopic (exact) mass is 547 g/mol. The molecule has 39 heavy (non-hydrogen) atoms. The van der Waals surface area contributed by atoms with Crippen molar-refractivity contribution in [1.82, 2.24) is 24.7 Å². The second kappa shape index (κ2) is 12.8. The van der Waals surface area contributed by atoms with E-state index in [2.05, 4.69) is 10.3 Å². The Morgan fingerprint density at radius 3 is 2.56 bits per heavy atom. The predicted molar refractivity (Wildman–Crippen MR) is 146 cm³/mol. The standard InChI is InChI=1S/C28H42FN5O5/c1-18(2)15-34(20-14-19(16-32(17-20)27(37)38)25(35)31-28(3,4)5)26(36)24-30-22-11-9-10-21(29)23(22)33(24)12-7-8-13-39-6/h9-11,18-20H,7-8,12-17H2,1-6H3,(H,31,35)(H,37,38)/t19-,20+/m1/s1. The number of hydrogen-bond acceptors (Lipinski definition) is 5. The number of benzene rings is 1. The molecule has 216 valence electrons. The second-order valence-electron chi connectivity index (χ2n) is 11.8. The maximum absolute atomic E-state index is 15.0. The van der Waals surface area contributed by atoms with E-state index < -0.39 is 35.3 Å². The molecule has 0 bridgehead atoms. The molecule has 0 aliphatic carbocycles. The molecule has 1 aromatic carbocycles. The lowest BCUT2D eigenvalue weighted by molar-refractivity contribution is -0.128. The number of methoxy groups -OCH3 is 1. The van der Waals surface area contributed by atoms with Crippen LogP contribution in [-0.4, -0.2) is 87.3 Å². The number of carboxylic acid groups (broad SMARTS) is 1. The summed E-state index contributed by atoms with van der Waals surface area (Å²) in [5, 5.41) is 12.8. The lowest BCUT2D eigenvalue weighted by Gasteiger charge is -2.42. The molecule has 2 N–H and O–H groups in total. The van der Waals surface area contributed by atoms with Crippen LogP contribution in [0.1, 0.15) is 64.5 Å². The molecule has 11 heteroatoms. The molecular weight excluding hydrogens is 505 g/mol. The fraction of sp³-hybridized carbons (Fsp3) is 0.643. The van der Waals surface area contributed by atoms with Crippen molar-refractivity contribution in [3.05, 3.63) is 29.8 Å². The first kappa shape index (κ1) is 30.3. The second-order valence-corrected chi connectivity index (χ2v) is 11.8. The van der Waals surface area contributed by atoms with Crippen LogP contribution in [0, 0.1) is 17.7 Å². The van der Waals surface area contributed by atoms with Gasteiger partial charge in [0.2, 0.25) is 5.91 Å². The number of aromatic nitrogens is 2. The molecule has 10 nitrogen and oxygen atoms in total. The number of nitrogens with zero attached hydrogens (tertiary/aromatic N) is 4. The third-order valence-corrected chi connectivity index (χ3v) is 6.72. The number of likely N-dealkylation sites (tertiary alicyclic amines) is 1. The zero-order chi connectivity index (χ0) is 28.9. The molecule has 0 radical (unpaired) electrons. The first-order valence-corrected chi connectivity index (χ1v) is 13.6. The van der Waals surface area contributed by atoms with Crippen molar-refractivity contribution in [1.29, 1.82) is 0 Å². The van der Waals surface area contributed by atoms with Gasteiger partial charge in [0, 0.05) is 45.4 Å². The van der Waals surface area contributed by atoms with Gasteiger partial charge in [0.25, 0.3) is 5.91 Å². The van der Waals surface area contributed by atoms with Crippen LogP contribution in [0.25, 0.3) is 11.0 Å². The van der Waals surface area contributed by atoms with Crippen molar-refractivity contribution >= 4 is 28.9 Å². The molecule has 2 heterocycles. The van der Waals surface area contributed by atoms with E-state index in [-0.39, 0.29) is 36.3 Å². The molecule has 2 aromatic rings. The lowest BCUT2D eigenvalue weighted by atomic mass is 9.91. The van der Waals surface area contributed by atoms with Crippen LogP contribution in [0.15, 0.2) is 18.2 Å². The average molecular weight is 548 g/mol. The Hall–Kier alpha value is -3.21. The summed E-state index contributed by atoms with van der Waals surface area (Å²) in [4.78, 5) is 46.7. The number of piperidine rings is 1. The average Bonchev–Trinajstić information content (AvgIpc) is 3.23. The van der Waals surface area contributed by atoms with Gasteiger partial charge in [0.1, 0.15) is 11.3 Å². The van der Waals surface area contributed by atoms with Crippen molar-refractivity contribution in [3.8, 4) is 0 Å². The van der Waals surface area contributed by atoms with Crippen LogP contribution >= 0.6 is 0 Å². The van der Waals surface area contributed by atoms with Crippen LogP contribution in [0.5, 0.6) is 0 Å². The molecule has 3 amide bonds. The number of aryl methyl sites for hydroxylation is 1. The number of rotatable bonds is 10. The zero-order valence-corrected chi connectivity index (χ0v) is 23.9. The van der Waals surface area contributed by atoms with E-state index in [4.69, 9.17) is 4.74 Å². The van der Waals surface area contributed by atoms with Crippen molar-refractivity contribution < 1.29 is 28.6 Å². The number of hydrogen-bond donors (Lipinski definition) is 2. The van der Waals surface area contributed by atoms with E-state index in [0.29, 0.717) is 38.1 Å². The highest BCUT2D eigenvalue weighted by Gasteiger charge is 2.40. The van der Waals surface area contributed by atoms with Crippen molar-refractivity contribution in [2.24, 2.45) is 11.8 Å². The fourth-order valence-corrected chi connectivity index (χ4v) is 5.07. The van der Waals surface area contributed by atoms with Gasteiger partial charge in [-0.25, -0.2) is 14.2 Å². The van der Waals surface area contributed by atoms with Gasteiger partial charge in [0.15, 0.2) is 5.82 Å². The smallest absolute Gasteiger partial charge is 0.407 e. The first-order valence-electron chi connectivity index (χ1n) is 13.6. The van der Waals surface area contributed by atoms with Gasteiger partial charge in [-0.3, -0.25) is 9.59 Å². The number of para-hydroxylation sites is 1. The number of nitrogens with one attached hydrogen (secondary N) is 1. The number of carbonyl (C=O) groups excluding carboxylic acids is 2. The zero-order valence-electron chi connectivity index (χ0n) is 23.9. The van der Waals surface area contributed by atoms with Gasteiger partial charge in [0.05, 0.1) is 17.5 Å². The van der Waals surface area contributed by atoms with Gasteiger partial charge in [-0.2, -0.15) is 0 Å². The molecule has 1 fully saturated rings. The normalized spacial score (nSPS) is 18.0. The van der Waals surface area contributed by atoms with E-state index in [1.165, 1.54) is 11.0 Å². The summed E-state index contributed by atoms with van der Waals surface area (Å²) in [6.45, 7) is 10.9. The fourth-order valence-electron chi connectivity index (χ4n) is 5.07. The SMILES string of the molecule is COCCCCn1c(C(=O)N(CC(C)C)[C@H]2C[C@@H](C(=O)NC(C)(C)C)CN(C(=O)O)C2)nc2cccc(F)c21. The van der Waals surface area contributed by atoms with Gasteiger partial charge >= 0.3 is 6.09 Å². The highest BCUT2D eigenvalue weighted by Crippen LogP contribution is 2.27. The molecular formula is C28H42FN5O5. The van der Waals surface area contributed by atoms with Gasteiger partial charge in [-0.1, -0.05) is 19.9 Å². The summed E-state index contributed by atoms with van der Waals surface area (Å²) < 4.78 is 21.7. The maximum atomic E-state index is 15.0. The Morgan fingerprint density at radius 1 is 1.23 bits per heavy atom. The highest BCUT2D eigenvalue weighted by molar-refractivity contribution is 5.95. The van der Waals surface area contributed by atoms with Gasteiger partial charge in [-0.05, 0) is 58.1 Å². The Labute approximate surface area is 229 Å². The van der Waals surface area contributed by atoms with Crippen LogP contribution in [-0.2, 0) is 16.1 Å². The number of unbranched alkanes of at least 4 members (excludes halogenated alkanes) is 1. The summed E-state index contributed by atoms with van der Waals surface area (Å²) in [7, 11) is 1.62. The number of halogens is 1. The third kappa shape index (κ3) is 7.68. The van der Waals surface area contributed by atoms with Gasteiger partial charge < -0.3 is 29.5 Å². The highest BCUT2D eigenvalue weighted by atomic mass is 19.1. The summed E-state index contributed by atoms with van der Waals surface area (Å²) in [5.74, 6) is -1.56. The largest absolute Gasteiger partial charge is 0.465 e. The minimum Gasteiger partial charge on any atom is -0.465 e. The van der Waals surface area contributed by atoms with Crippen molar-refractivity contribution in [3.63, 3.8) is 0 Å². The lowest BCUT2D eigenvalue weighted by Crippen LogP contribution is -2.58. The topological polar surface area (TPSA) is 117 Å². The first-order chi connectivity index (χ1) is 18.3. The van der Waals surface area contributed by atoms with E-state index in [1.807, 2.05) is 34.6 Å². The van der Waals surface area contributed by atoms with Gasteiger partial charge in [-0.15, -0.1) is 0 Å². The quantitative estimate of drug-likeness (QED) is 0.435. The van der Waals surface area contributed by atoms with Crippen LogP contribution in [0.2, 0.25) is 0 Å². The van der Waals surface area contributed by atoms with E-state index in [9.17, 15) is 23.9 Å². The minimum absolute atomic E-state index is 0.0562. The molecule has 0 unspecified atom stereocenters. The molecule has 0 spiro atoms. The number of imidazole rings is 1. The summed E-state index contributed by atoms with van der Waals surface area (Å²) >= 11 is 0. The van der Waals surface area contributed by atoms with Crippen LogP contribution in [0.4, 0.5) is 9.18 Å². The Balaban J connectivity index is 2.01. The molecule has 1 aromatic heterocycles. The van der Waals surface area contributed by atoms with Crippen LogP contribution in [0.3, 0.4) is 0 Å². The number of amides is 3. The van der Waals surface area contributed by atoms with E-state index >= 15 is 0 Å². The number of carbonyl (C=O) groups is 3. The van der Waals surface area contributed by atoms with E-state index in [0.717, 1.165) is 6.42 Å². The maximum Gasteiger partial charge on any atom is 0.407 e. The minimum atomic E-state index is -1.14. The summed E-state index contributed by atoms with van der Waals surface area (Å²) in [6.07, 6.45) is 0.558. The van der Waals surface area contributed by atoms with Crippen molar-refractivity contribution in [2.45, 2.75) is 72.0 Å². The third-order valence-electron chi connectivity index (χ3n) is 6.72. The van der Waals surface area contributed by atoms with Crippen LogP contribution < -0.4 is 5.32 Å². The number of fused-ring (bicyclic) bond motifs is 1.